The zero-order chi connectivity index (χ0) is 11.4. The summed E-state index contributed by atoms with van der Waals surface area (Å²) in [4.78, 5) is 13.9. The second-order valence-corrected chi connectivity index (χ2v) is 4.26. The minimum absolute atomic E-state index is 0.0562. The summed E-state index contributed by atoms with van der Waals surface area (Å²) in [5, 5.41) is 3.35. The molecule has 4 heteroatoms. The van der Waals surface area contributed by atoms with Crippen molar-refractivity contribution < 1.29 is 9.21 Å². The number of hydrogen-bond donors (Lipinski definition) is 1. The van der Waals surface area contributed by atoms with Crippen molar-refractivity contribution in [2.75, 3.05) is 20.1 Å². The van der Waals surface area contributed by atoms with Gasteiger partial charge in [-0.25, -0.2) is 0 Å². The van der Waals surface area contributed by atoms with E-state index in [0.717, 1.165) is 32.4 Å². The lowest BCUT2D eigenvalue weighted by Crippen LogP contribution is -2.37. The quantitative estimate of drug-likeness (QED) is 0.824. The van der Waals surface area contributed by atoms with E-state index in [-0.39, 0.29) is 5.91 Å². The summed E-state index contributed by atoms with van der Waals surface area (Å²) in [6.45, 7) is 2.05. The molecule has 1 aromatic heterocycles. The molecule has 0 aromatic carbocycles. The Morgan fingerprint density at radius 2 is 2.38 bits per heavy atom. The number of nitrogens with zero attached hydrogens (tertiary/aromatic N) is 1. The van der Waals surface area contributed by atoms with E-state index in [0.29, 0.717) is 11.6 Å². The third-order valence-electron chi connectivity index (χ3n) is 3.18. The molecule has 2 rings (SSSR count). The van der Waals surface area contributed by atoms with Crippen molar-refractivity contribution in [3.8, 4) is 0 Å². The van der Waals surface area contributed by atoms with Gasteiger partial charge in [0.1, 0.15) is 6.26 Å². The van der Waals surface area contributed by atoms with Gasteiger partial charge >= 0.3 is 0 Å². The van der Waals surface area contributed by atoms with Gasteiger partial charge in [-0.1, -0.05) is 0 Å². The molecule has 1 unspecified atom stereocenters. The number of nitrogens with one attached hydrogen (secondary N) is 1. The smallest absolute Gasteiger partial charge is 0.257 e. The first-order chi connectivity index (χ1) is 7.79. The third kappa shape index (κ3) is 2.44. The number of furan rings is 1. The van der Waals surface area contributed by atoms with E-state index in [4.69, 9.17) is 4.42 Å². The lowest BCUT2D eigenvalue weighted by Gasteiger charge is -2.26. The van der Waals surface area contributed by atoms with Gasteiger partial charge < -0.3 is 14.6 Å². The highest BCUT2D eigenvalue weighted by molar-refractivity contribution is 5.93. The molecule has 1 amide bonds. The van der Waals surface area contributed by atoms with Crippen LogP contribution >= 0.6 is 0 Å². The van der Waals surface area contributed by atoms with Crippen molar-refractivity contribution in [2.24, 2.45) is 0 Å². The summed E-state index contributed by atoms with van der Waals surface area (Å²) in [6.07, 6.45) is 6.28. The molecular weight excluding hydrogens is 204 g/mol. The molecule has 0 spiro atoms. The number of carbonyl (C=O) groups excluding carboxylic acids is 1. The van der Waals surface area contributed by atoms with Gasteiger partial charge in [-0.2, -0.15) is 0 Å². The Labute approximate surface area is 95.6 Å². The predicted molar refractivity (Wildman–Crippen MR) is 61.3 cm³/mol. The number of hydrogen-bond acceptors (Lipinski definition) is 3. The Morgan fingerprint density at radius 1 is 1.50 bits per heavy atom. The minimum atomic E-state index is 0.0562. The monoisotopic (exact) mass is 222 g/mol. The molecule has 0 saturated carbocycles. The van der Waals surface area contributed by atoms with Crippen LogP contribution in [0.5, 0.6) is 0 Å². The van der Waals surface area contributed by atoms with Crippen molar-refractivity contribution >= 4 is 5.91 Å². The number of amides is 1. The molecular formula is C12H18N2O2. The Kier molecular flexibility index (Phi) is 3.62. The van der Waals surface area contributed by atoms with Crippen LogP contribution in [0.25, 0.3) is 0 Å². The predicted octanol–water partition coefficient (Wildman–Crippen LogP) is 1.49. The third-order valence-corrected chi connectivity index (χ3v) is 3.18. The van der Waals surface area contributed by atoms with Gasteiger partial charge in [0.05, 0.1) is 11.8 Å². The van der Waals surface area contributed by atoms with E-state index in [1.165, 1.54) is 12.5 Å². The molecule has 1 fully saturated rings. The first kappa shape index (κ1) is 11.2. The van der Waals surface area contributed by atoms with Crippen LogP contribution < -0.4 is 5.32 Å². The molecule has 1 N–H and O–H groups in total. The standard InChI is InChI=1S/C12H18N2O2/c1-14(11-3-2-6-13-7-4-11)12(15)10-5-8-16-9-10/h5,8-9,11,13H,2-4,6-7H2,1H3. The van der Waals surface area contributed by atoms with E-state index in [1.54, 1.807) is 6.07 Å². The van der Waals surface area contributed by atoms with Gasteiger partial charge in [0.15, 0.2) is 0 Å². The Bertz CT molecular complexity index is 327. The highest BCUT2D eigenvalue weighted by Gasteiger charge is 2.22. The van der Waals surface area contributed by atoms with Gasteiger partial charge in [0.25, 0.3) is 5.91 Å². The van der Waals surface area contributed by atoms with Gasteiger partial charge in [-0.05, 0) is 38.4 Å². The van der Waals surface area contributed by atoms with Crippen molar-refractivity contribution in [2.45, 2.75) is 25.3 Å². The fraction of sp³-hybridized carbons (Fsp3) is 0.583. The molecule has 4 nitrogen and oxygen atoms in total. The maximum Gasteiger partial charge on any atom is 0.257 e. The van der Waals surface area contributed by atoms with Crippen molar-refractivity contribution in [3.05, 3.63) is 24.2 Å². The van der Waals surface area contributed by atoms with Crippen LogP contribution in [-0.4, -0.2) is 37.0 Å². The molecule has 1 aliphatic heterocycles. The Hall–Kier alpha value is -1.29. The van der Waals surface area contributed by atoms with Crippen LogP contribution in [0.15, 0.2) is 23.0 Å². The number of carbonyl (C=O) groups is 1. The molecule has 16 heavy (non-hydrogen) atoms. The zero-order valence-electron chi connectivity index (χ0n) is 9.61. The van der Waals surface area contributed by atoms with E-state index >= 15 is 0 Å². The number of rotatable bonds is 2. The SMILES string of the molecule is CN(C(=O)c1ccoc1)C1CCCNCC1. The fourth-order valence-electron chi connectivity index (χ4n) is 2.14. The lowest BCUT2D eigenvalue weighted by atomic mass is 10.1. The Balaban J connectivity index is 2.00. The first-order valence-corrected chi connectivity index (χ1v) is 5.79. The van der Waals surface area contributed by atoms with Crippen LogP contribution in [0, 0.1) is 0 Å². The van der Waals surface area contributed by atoms with Crippen LogP contribution in [0.1, 0.15) is 29.6 Å². The fourth-order valence-corrected chi connectivity index (χ4v) is 2.14. The highest BCUT2D eigenvalue weighted by atomic mass is 16.3. The van der Waals surface area contributed by atoms with E-state index in [1.807, 2.05) is 11.9 Å². The van der Waals surface area contributed by atoms with Gasteiger partial charge in [-0.15, -0.1) is 0 Å². The van der Waals surface area contributed by atoms with Crippen molar-refractivity contribution in [1.82, 2.24) is 10.2 Å². The van der Waals surface area contributed by atoms with Crippen LogP contribution in [0.2, 0.25) is 0 Å². The maximum absolute atomic E-state index is 12.1. The van der Waals surface area contributed by atoms with E-state index < -0.39 is 0 Å². The molecule has 2 heterocycles. The maximum atomic E-state index is 12.1. The highest BCUT2D eigenvalue weighted by Crippen LogP contribution is 2.15. The van der Waals surface area contributed by atoms with Gasteiger partial charge in [-0.3, -0.25) is 4.79 Å². The molecule has 1 aromatic rings. The first-order valence-electron chi connectivity index (χ1n) is 5.79. The second kappa shape index (κ2) is 5.16. The van der Waals surface area contributed by atoms with Crippen LogP contribution in [-0.2, 0) is 0 Å². The van der Waals surface area contributed by atoms with Crippen molar-refractivity contribution in [3.63, 3.8) is 0 Å². The molecule has 88 valence electrons. The molecule has 0 bridgehead atoms. The summed E-state index contributed by atoms with van der Waals surface area (Å²) in [5.41, 5.74) is 0.639. The normalized spacial score (nSPS) is 21.4. The van der Waals surface area contributed by atoms with Gasteiger partial charge in [0.2, 0.25) is 0 Å². The summed E-state index contributed by atoms with van der Waals surface area (Å²) in [6, 6.07) is 2.06. The van der Waals surface area contributed by atoms with Crippen molar-refractivity contribution in [1.29, 1.82) is 0 Å². The molecule has 0 radical (unpaired) electrons. The van der Waals surface area contributed by atoms with E-state index in [9.17, 15) is 4.79 Å². The van der Waals surface area contributed by atoms with Gasteiger partial charge in [0, 0.05) is 13.1 Å². The average Bonchev–Trinajstić information content (AvgIpc) is 2.70. The minimum Gasteiger partial charge on any atom is -0.472 e. The van der Waals surface area contributed by atoms with Crippen LogP contribution in [0.3, 0.4) is 0 Å². The molecule has 0 aliphatic carbocycles. The van der Waals surface area contributed by atoms with E-state index in [2.05, 4.69) is 5.32 Å². The largest absolute Gasteiger partial charge is 0.472 e. The second-order valence-electron chi connectivity index (χ2n) is 4.26. The van der Waals surface area contributed by atoms with Crippen LogP contribution in [0.4, 0.5) is 0 Å². The molecule has 1 aliphatic rings. The summed E-state index contributed by atoms with van der Waals surface area (Å²) >= 11 is 0. The Morgan fingerprint density at radius 3 is 3.12 bits per heavy atom. The summed E-state index contributed by atoms with van der Waals surface area (Å²) in [5.74, 6) is 0.0562. The molecule has 1 atom stereocenters. The lowest BCUT2D eigenvalue weighted by molar-refractivity contribution is 0.0719. The molecule has 1 saturated heterocycles. The zero-order valence-corrected chi connectivity index (χ0v) is 9.61. The topological polar surface area (TPSA) is 45.5 Å². The summed E-state index contributed by atoms with van der Waals surface area (Å²) < 4.78 is 4.94. The summed E-state index contributed by atoms with van der Waals surface area (Å²) in [7, 11) is 1.88. The average molecular weight is 222 g/mol.